The number of hydrogen-bond acceptors (Lipinski definition) is 1. The monoisotopic (exact) mass is 240 g/mol. The molecular weight excluding hydrogens is 227 g/mol. The van der Waals surface area contributed by atoms with E-state index >= 15 is 0 Å². The fourth-order valence-electron chi connectivity index (χ4n) is 0.691. The maximum Gasteiger partial charge on any atom is 0.0494 e. The lowest BCUT2D eigenvalue weighted by Gasteiger charge is -1.98. The van der Waals surface area contributed by atoms with Crippen LogP contribution in [0.4, 0.5) is 0 Å². The first-order chi connectivity index (χ1) is 4.43. The van der Waals surface area contributed by atoms with E-state index in [1.807, 2.05) is 0 Å². The lowest BCUT2D eigenvalue weighted by Crippen LogP contribution is -1.98. The van der Waals surface area contributed by atoms with Crippen molar-refractivity contribution in [2.75, 3.05) is 17.6 Å². The topological polar surface area (TPSA) is 9.23 Å². The zero-order chi connectivity index (χ0) is 6.53. The Morgan fingerprint density at radius 2 is 2.22 bits per heavy atom. The lowest BCUT2D eigenvalue weighted by atomic mass is 10.4. The van der Waals surface area contributed by atoms with Gasteiger partial charge in [-0.1, -0.05) is 22.6 Å². The minimum Gasteiger partial charge on any atom is -0.381 e. The molecule has 0 unspecified atom stereocenters. The third-order valence-electron chi connectivity index (χ3n) is 1.47. The van der Waals surface area contributed by atoms with Crippen molar-refractivity contribution in [2.45, 2.75) is 19.3 Å². The third-order valence-corrected chi connectivity index (χ3v) is 2.24. The summed E-state index contributed by atoms with van der Waals surface area (Å²) in [5.74, 6) is 0.930. The molecule has 0 aliphatic heterocycles. The second-order valence-corrected chi connectivity index (χ2v) is 3.64. The van der Waals surface area contributed by atoms with Gasteiger partial charge in [-0.15, -0.1) is 0 Å². The molecule has 2 heteroatoms. The van der Waals surface area contributed by atoms with E-state index in [1.54, 1.807) is 0 Å². The average molecular weight is 240 g/mol. The van der Waals surface area contributed by atoms with Crippen LogP contribution in [-0.4, -0.2) is 17.6 Å². The van der Waals surface area contributed by atoms with Crippen LogP contribution < -0.4 is 0 Å². The van der Waals surface area contributed by atoms with E-state index in [9.17, 15) is 0 Å². The predicted molar refractivity (Wildman–Crippen MR) is 47.0 cm³/mol. The van der Waals surface area contributed by atoms with Crippen LogP contribution in [0.25, 0.3) is 0 Å². The standard InChI is InChI=1S/C7H13IO/c8-4-1-5-9-6-7-2-3-7/h7H,1-6H2. The van der Waals surface area contributed by atoms with Crippen molar-refractivity contribution in [3.63, 3.8) is 0 Å². The summed E-state index contributed by atoms with van der Waals surface area (Å²) in [6.07, 6.45) is 4.03. The van der Waals surface area contributed by atoms with E-state index in [2.05, 4.69) is 22.6 Å². The van der Waals surface area contributed by atoms with Gasteiger partial charge in [-0.3, -0.25) is 0 Å². The molecule has 0 amide bonds. The summed E-state index contributed by atoms with van der Waals surface area (Å²) >= 11 is 2.38. The zero-order valence-electron chi connectivity index (χ0n) is 5.61. The van der Waals surface area contributed by atoms with Crippen molar-refractivity contribution in [1.29, 1.82) is 0 Å². The first kappa shape index (κ1) is 7.79. The van der Waals surface area contributed by atoms with Crippen molar-refractivity contribution in [3.8, 4) is 0 Å². The highest BCUT2D eigenvalue weighted by Crippen LogP contribution is 2.28. The molecule has 0 heterocycles. The van der Waals surface area contributed by atoms with Gasteiger partial charge in [0.05, 0.1) is 0 Å². The Labute approximate surface area is 70.3 Å². The molecule has 0 spiro atoms. The molecule has 0 radical (unpaired) electrons. The van der Waals surface area contributed by atoms with E-state index in [1.165, 1.54) is 23.7 Å². The highest BCUT2D eigenvalue weighted by Gasteiger charge is 2.20. The molecule has 0 aromatic rings. The smallest absolute Gasteiger partial charge is 0.0494 e. The molecule has 0 saturated heterocycles. The van der Waals surface area contributed by atoms with Crippen molar-refractivity contribution < 1.29 is 4.74 Å². The number of hydrogen-bond donors (Lipinski definition) is 0. The summed E-state index contributed by atoms with van der Waals surface area (Å²) in [6, 6.07) is 0. The summed E-state index contributed by atoms with van der Waals surface area (Å²) in [7, 11) is 0. The lowest BCUT2D eigenvalue weighted by molar-refractivity contribution is 0.126. The summed E-state index contributed by atoms with van der Waals surface area (Å²) in [5.41, 5.74) is 0. The summed E-state index contributed by atoms with van der Waals surface area (Å²) in [4.78, 5) is 0. The number of rotatable bonds is 5. The van der Waals surface area contributed by atoms with Crippen molar-refractivity contribution in [2.24, 2.45) is 5.92 Å². The Hall–Kier alpha value is 0.690. The Kier molecular flexibility index (Phi) is 3.89. The molecular formula is C7H13IO. The maximum atomic E-state index is 5.39. The van der Waals surface area contributed by atoms with Crippen LogP contribution in [0.1, 0.15) is 19.3 Å². The van der Waals surface area contributed by atoms with Gasteiger partial charge in [0.2, 0.25) is 0 Å². The molecule has 1 nitrogen and oxygen atoms in total. The molecule has 1 saturated carbocycles. The van der Waals surface area contributed by atoms with Crippen molar-refractivity contribution in [3.05, 3.63) is 0 Å². The van der Waals surface area contributed by atoms with Crippen LogP contribution >= 0.6 is 22.6 Å². The zero-order valence-corrected chi connectivity index (χ0v) is 7.76. The second kappa shape index (κ2) is 4.50. The summed E-state index contributed by atoms with van der Waals surface area (Å²) in [5, 5.41) is 0. The molecule has 1 aliphatic rings. The maximum absolute atomic E-state index is 5.39. The van der Waals surface area contributed by atoms with Crippen molar-refractivity contribution >= 4 is 22.6 Å². The SMILES string of the molecule is ICCCOCC1CC1. The number of ether oxygens (including phenoxy) is 1. The van der Waals surface area contributed by atoms with Gasteiger partial charge in [0.1, 0.15) is 0 Å². The first-order valence-corrected chi connectivity index (χ1v) is 5.09. The Balaban J connectivity index is 1.71. The van der Waals surface area contributed by atoms with Crippen LogP contribution in [0.5, 0.6) is 0 Å². The van der Waals surface area contributed by atoms with Gasteiger partial charge in [0.15, 0.2) is 0 Å². The number of alkyl halides is 1. The van der Waals surface area contributed by atoms with E-state index in [4.69, 9.17) is 4.74 Å². The predicted octanol–water partition coefficient (Wildman–Crippen LogP) is 2.24. The first-order valence-electron chi connectivity index (χ1n) is 3.57. The van der Waals surface area contributed by atoms with Gasteiger partial charge in [0, 0.05) is 17.6 Å². The molecule has 1 aliphatic carbocycles. The van der Waals surface area contributed by atoms with Gasteiger partial charge < -0.3 is 4.74 Å². The molecule has 0 bridgehead atoms. The van der Waals surface area contributed by atoms with E-state index < -0.39 is 0 Å². The molecule has 0 aromatic heterocycles. The highest BCUT2D eigenvalue weighted by atomic mass is 127. The van der Waals surface area contributed by atoms with Gasteiger partial charge in [-0.05, 0) is 25.2 Å². The molecule has 0 aromatic carbocycles. The van der Waals surface area contributed by atoms with E-state index in [0.717, 1.165) is 19.1 Å². The largest absolute Gasteiger partial charge is 0.381 e. The molecule has 1 rings (SSSR count). The van der Waals surface area contributed by atoms with Crippen LogP contribution in [0.2, 0.25) is 0 Å². The van der Waals surface area contributed by atoms with Gasteiger partial charge in [-0.2, -0.15) is 0 Å². The van der Waals surface area contributed by atoms with Gasteiger partial charge in [0.25, 0.3) is 0 Å². The van der Waals surface area contributed by atoms with E-state index in [-0.39, 0.29) is 0 Å². The fourth-order valence-corrected chi connectivity index (χ4v) is 1.00. The second-order valence-electron chi connectivity index (χ2n) is 2.56. The fraction of sp³-hybridized carbons (Fsp3) is 1.00. The average Bonchev–Trinajstić information content (AvgIpc) is 2.63. The molecule has 9 heavy (non-hydrogen) atoms. The normalized spacial score (nSPS) is 18.3. The van der Waals surface area contributed by atoms with Crippen molar-refractivity contribution in [1.82, 2.24) is 0 Å². The van der Waals surface area contributed by atoms with Crippen LogP contribution in [0, 0.1) is 5.92 Å². The summed E-state index contributed by atoms with van der Waals surface area (Å²) in [6.45, 7) is 2.00. The number of halogens is 1. The molecule has 1 fully saturated rings. The van der Waals surface area contributed by atoms with Gasteiger partial charge >= 0.3 is 0 Å². The third kappa shape index (κ3) is 4.14. The Morgan fingerprint density at radius 3 is 2.78 bits per heavy atom. The van der Waals surface area contributed by atoms with Crippen LogP contribution in [-0.2, 0) is 4.74 Å². The minimum absolute atomic E-state index is 0.930. The van der Waals surface area contributed by atoms with Gasteiger partial charge in [-0.25, -0.2) is 0 Å². The molecule has 0 atom stereocenters. The van der Waals surface area contributed by atoms with Crippen LogP contribution in [0.3, 0.4) is 0 Å². The Morgan fingerprint density at radius 1 is 1.44 bits per heavy atom. The molecule has 0 N–H and O–H groups in total. The quantitative estimate of drug-likeness (QED) is 0.407. The van der Waals surface area contributed by atoms with E-state index in [0.29, 0.717) is 0 Å². The summed E-state index contributed by atoms with van der Waals surface area (Å²) < 4.78 is 6.62. The minimum atomic E-state index is 0.930. The molecule has 54 valence electrons. The Bertz CT molecular complexity index is 71.3. The van der Waals surface area contributed by atoms with Crippen LogP contribution in [0.15, 0.2) is 0 Å². The highest BCUT2D eigenvalue weighted by molar-refractivity contribution is 14.1.